The summed E-state index contributed by atoms with van der Waals surface area (Å²) in [5, 5.41) is 14.1. The molecule has 0 spiro atoms. The lowest BCUT2D eigenvalue weighted by atomic mass is 10.0. The molecular weight excluding hydrogens is 510 g/mol. The third-order valence-corrected chi connectivity index (χ3v) is 8.63. The van der Waals surface area contributed by atoms with E-state index in [1.165, 1.54) is 28.6 Å². The Morgan fingerprint density at radius 3 is 2.53 bits per heavy atom. The highest BCUT2D eigenvalue weighted by molar-refractivity contribution is 7.89. The van der Waals surface area contributed by atoms with E-state index < -0.39 is 34.4 Å². The summed E-state index contributed by atoms with van der Waals surface area (Å²) < 4.78 is 44.9. The van der Waals surface area contributed by atoms with E-state index in [9.17, 15) is 18.3 Å². The van der Waals surface area contributed by atoms with Gasteiger partial charge < -0.3 is 30.4 Å². The van der Waals surface area contributed by atoms with E-state index in [0.29, 0.717) is 12.3 Å². The molecule has 2 fully saturated rings. The highest BCUT2D eigenvalue weighted by atomic mass is 32.2. The lowest BCUT2D eigenvalue weighted by molar-refractivity contribution is -0.0907. The number of rotatable bonds is 11. The minimum Gasteiger partial charge on any atom is -0.443 e. The normalized spacial score (nSPS) is 22.8. The Labute approximate surface area is 224 Å². The van der Waals surface area contributed by atoms with Gasteiger partial charge in [-0.25, -0.2) is 13.2 Å². The fourth-order valence-corrected chi connectivity index (χ4v) is 6.45. The maximum atomic E-state index is 13.5. The van der Waals surface area contributed by atoms with Crippen molar-refractivity contribution >= 4 is 21.8 Å². The Morgan fingerprint density at radius 1 is 1.13 bits per heavy atom. The first-order valence-corrected chi connectivity index (χ1v) is 14.4. The maximum absolute atomic E-state index is 13.5. The summed E-state index contributed by atoms with van der Waals surface area (Å²) in [6.07, 6.45) is -1.69. The zero-order valence-electron chi connectivity index (χ0n) is 21.7. The van der Waals surface area contributed by atoms with Crippen LogP contribution in [0.25, 0.3) is 0 Å². The van der Waals surface area contributed by atoms with Crippen LogP contribution in [0.15, 0.2) is 59.5 Å². The summed E-state index contributed by atoms with van der Waals surface area (Å²) in [5.74, 6) is -0.0231. The van der Waals surface area contributed by atoms with Gasteiger partial charge in [0, 0.05) is 18.8 Å². The van der Waals surface area contributed by atoms with Gasteiger partial charge in [-0.3, -0.25) is 0 Å². The number of nitrogens with two attached hydrogens (primary N) is 1. The number of nitrogens with zero attached hydrogens (tertiary/aromatic N) is 1. The van der Waals surface area contributed by atoms with Gasteiger partial charge in [0.25, 0.3) is 0 Å². The first-order valence-electron chi connectivity index (χ1n) is 12.9. The maximum Gasteiger partial charge on any atom is 0.407 e. The number of fused-ring (bicyclic) bond motifs is 1. The SMILES string of the molecule is CC(C)CN(C[C@H](O)[C@H](Cc1ccccc1)NC(=O)O[C@@H]1CO[C@@H]2OCC[C@@H]21)S(=O)(=O)c1ccc(N)cc1. The number of benzene rings is 2. The summed E-state index contributed by atoms with van der Waals surface area (Å²) in [7, 11) is -3.93. The van der Waals surface area contributed by atoms with Gasteiger partial charge in [0.05, 0.1) is 36.2 Å². The van der Waals surface area contributed by atoms with E-state index in [0.717, 1.165) is 12.0 Å². The molecule has 11 heteroatoms. The molecule has 2 aromatic rings. The van der Waals surface area contributed by atoms with Crippen molar-refractivity contribution in [3.8, 4) is 0 Å². The van der Waals surface area contributed by atoms with E-state index in [2.05, 4.69) is 5.32 Å². The fourth-order valence-electron chi connectivity index (χ4n) is 4.82. The van der Waals surface area contributed by atoms with E-state index >= 15 is 0 Å². The number of aliphatic hydroxyl groups excluding tert-OH is 1. The standard InChI is InChI=1S/C27H37N3O7S/c1-18(2)15-30(38(33,34)21-10-8-20(28)9-11-21)16-24(31)23(14-19-6-4-3-5-7-19)29-27(32)37-25-17-36-26-22(25)12-13-35-26/h3-11,18,22-26,31H,12-17,28H2,1-2H3,(H,29,32)/t22-,23+,24+,25-,26+/m1/s1. The molecule has 38 heavy (non-hydrogen) atoms. The van der Waals surface area contributed by atoms with Gasteiger partial charge in [0.15, 0.2) is 6.29 Å². The van der Waals surface area contributed by atoms with Crippen molar-refractivity contribution in [2.24, 2.45) is 11.8 Å². The van der Waals surface area contributed by atoms with Crippen LogP contribution in [-0.4, -0.2) is 74.8 Å². The number of sulfonamides is 1. The lowest BCUT2D eigenvalue weighted by Gasteiger charge is -2.31. The zero-order chi connectivity index (χ0) is 27.3. The largest absolute Gasteiger partial charge is 0.443 e. The van der Waals surface area contributed by atoms with E-state index in [4.69, 9.17) is 19.9 Å². The third kappa shape index (κ3) is 7.03. The van der Waals surface area contributed by atoms with Crippen LogP contribution in [0, 0.1) is 11.8 Å². The number of hydrogen-bond donors (Lipinski definition) is 3. The molecule has 0 radical (unpaired) electrons. The number of carbonyl (C=O) groups excluding carboxylic acids is 1. The molecule has 0 unspecified atom stereocenters. The quantitative estimate of drug-likeness (QED) is 0.364. The first kappa shape index (κ1) is 28.3. The minimum atomic E-state index is -3.93. The summed E-state index contributed by atoms with van der Waals surface area (Å²) in [6, 6.07) is 14.5. The van der Waals surface area contributed by atoms with Crippen molar-refractivity contribution in [1.29, 1.82) is 0 Å². The van der Waals surface area contributed by atoms with Gasteiger partial charge in [-0.05, 0) is 48.6 Å². The molecule has 2 aliphatic rings. The van der Waals surface area contributed by atoms with Gasteiger partial charge in [0.1, 0.15) is 6.10 Å². The Bertz CT molecular complexity index is 1160. The second kappa shape index (κ2) is 12.4. The molecule has 0 aliphatic carbocycles. The molecular formula is C27H37N3O7S. The summed E-state index contributed by atoms with van der Waals surface area (Å²) in [5.41, 5.74) is 7.07. The van der Waals surface area contributed by atoms with Crippen LogP contribution in [-0.2, 0) is 30.7 Å². The molecule has 0 bridgehead atoms. The van der Waals surface area contributed by atoms with Crippen LogP contribution in [0.5, 0.6) is 0 Å². The van der Waals surface area contributed by atoms with Crippen molar-refractivity contribution in [3.63, 3.8) is 0 Å². The van der Waals surface area contributed by atoms with Gasteiger partial charge in [-0.2, -0.15) is 4.31 Å². The summed E-state index contributed by atoms with van der Waals surface area (Å²) in [6.45, 7) is 4.58. The highest BCUT2D eigenvalue weighted by Gasteiger charge is 2.44. The van der Waals surface area contributed by atoms with E-state index in [1.807, 2.05) is 44.2 Å². The number of nitrogens with one attached hydrogen (secondary N) is 1. The number of nitrogen functional groups attached to an aromatic ring is 1. The lowest BCUT2D eigenvalue weighted by Crippen LogP contribution is -2.51. The highest BCUT2D eigenvalue weighted by Crippen LogP contribution is 2.33. The second-order valence-electron chi connectivity index (χ2n) is 10.3. The third-order valence-electron chi connectivity index (χ3n) is 6.79. The van der Waals surface area contributed by atoms with Crippen molar-refractivity contribution < 1.29 is 32.5 Å². The minimum absolute atomic E-state index is 0.000183. The molecule has 10 nitrogen and oxygen atoms in total. The number of anilines is 1. The number of aliphatic hydroxyl groups is 1. The van der Waals surface area contributed by atoms with Crippen molar-refractivity contribution in [2.75, 3.05) is 32.0 Å². The van der Waals surface area contributed by atoms with Gasteiger partial charge >= 0.3 is 6.09 Å². The van der Waals surface area contributed by atoms with Crippen LogP contribution in [0.3, 0.4) is 0 Å². The van der Waals surface area contributed by atoms with Crippen LogP contribution in [0.1, 0.15) is 25.8 Å². The molecule has 2 aromatic carbocycles. The van der Waals surface area contributed by atoms with Crippen LogP contribution >= 0.6 is 0 Å². The number of ether oxygens (including phenoxy) is 3. The molecule has 2 aliphatic heterocycles. The fraction of sp³-hybridized carbons (Fsp3) is 0.519. The Hall–Kier alpha value is -2.70. The van der Waals surface area contributed by atoms with Gasteiger partial charge in [0.2, 0.25) is 10.0 Å². The van der Waals surface area contributed by atoms with Crippen LogP contribution in [0.4, 0.5) is 10.5 Å². The number of amides is 1. The molecule has 4 N–H and O–H groups in total. The molecule has 5 atom stereocenters. The topological polar surface area (TPSA) is 140 Å². The van der Waals surface area contributed by atoms with Crippen LogP contribution in [0.2, 0.25) is 0 Å². The Balaban J connectivity index is 1.51. The predicted octanol–water partition coefficient (Wildman–Crippen LogP) is 2.38. The molecule has 2 heterocycles. The molecule has 1 amide bonds. The zero-order valence-corrected chi connectivity index (χ0v) is 22.5. The first-order chi connectivity index (χ1) is 18.1. The average Bonchev–Trinajstić information content (AvgIpc) is 3.49. The summed E-state index contributed by atoms with van der Waals surface area (Å²) >= 11 is 0. The van der Waals surface area contributed by atoms with Crippen molar-refractivity contribution in [1.82, 2.24) is 9.62 Å². The molecule has 4 rings (SSSR count). The number of hydrogen-bond acceptors (Lipinski definition) is 8. The smallest absolute Gasteiger partial charge is 0.407 e. The molecule has 0 saturated carbocycles. The van der Waals surface area contributed by atoms with Crippen molar-refractivity contribution in [3.05, 3.63) is 60.2 Å². The number of carbonyl (C=O) groups is 1. The van der Waals surface area contributed by atoms with Crippen LogP contribution < -0.4 is 11.1 Å². The average molecular weight is 548 g/mol. The Kier molecular flexibility index (Phi) is 9.27. The van der Waals surface area contributed by atoms with E-state index in [1.54, 1.807) is 0 Å². The Morgan fingerprint density at radius 2 is 1.84 bits per heavy atom. The monoisotopic (exact) mass is 547 g/mol. The summed E-state index contributed by atoms with van der Waals surface area (Å²) in [4.78, 5) is 13.0. The molecule has 2 saturated heterocycles. The van der Waals surface area contributed by atoms with Gasteiger partial charge in [-0.15, -0.1) is 0 Å². The number of alkyl carbamates (subject to hydrolysis) is 1. The van der Waals surface area contributed by atoms with E-state index in [-0.39, 0.29) is 49.1 Å². The molecule has 208 valence electrons. The molecule has 0 aromatic heterocycles. The van der Waals surface area contributed by atoms with Gasteiger partial charge in [-0.1, -0.05) is 44.2 Å². The predicted molar refractivity (Wildman–Crippen MR) is 142 cm³/mol. The second-order valence-corrected chi connectivity index (χ2v) is 12.2. The van der Waals surface area contributed by atoms with Crippen molar-refractivity contribution in [2.45, 2.75) is 56.1 Å².